The van der Waals surface area contributed by atoms with Gasteiger partial charge in [-0.15, -0.1) is 0 Å². The maximum atomic E-state index is 13.2. The molecule has 0 radical (unpaired) electrons. The molecule has 0 saturated heterocycles. The summed E-state index contributed by atoms with van der Waals surface area (Å²) in [6.07, 6.45) is 74.8. The summed E-state index contributed by atoms with van der Waals surface area (Å²) in [4.78, 5) is 73.5. The normalized spacial score (nSPS) is 14.3. The van der Waals surface area contributed by atoms with Gasteiger partial charge in [0, 0.05) is 25.7 Å². The second-order valence-corrected chi connectivity index (χ2v) is 36.9. The number of ether oxygens (including phenoxy) is 4. The highest BCUT2D eigenvalue weighted by Gasteiger charge is 2.31. The van der Waals surface area contributed by atoms with Crippen LogP contribution in [0.1, 0.15) is 492 Å². The lowest BCUT2D eigenvalue weighted by Crippen LogP contribution is -2.30. The zero-order valence-corrected chi connectivity index (χ0v) is 75.2. The summed E-state index contributed by atoms with van der Waals surface area (Å²) in [7, 11) is -9.94. The molecule has 0 aliphatic heterocycles. The maximum Gasteiger partial charge on any atom is 0.472 e. The van der Waals surface area contributed by atoms with Crippen LogP contribution in [0.25, 0.3) is 0 Å². The molecule has 0 heterocycles. The highest BCUT2D eigenvalue weighted by molar-refractivity contribution is 7.47. The van der Waals surface area contributed by atoms with E-state index in [-0.39, 0.29) is 25.7 Å². The van der Waals surface area contributed by atoms with Crippen molar-refractivity contribution < 1.29 is 80.2 Å². The van der Waals surface area contributed by atoms with Crippen molar-refractivity contribution in [3.05, 3.63) is 0 Å². The summed E-state index contributed by atoms with van der Waals surface area (Å²) < 4.78 is 69.1. The average Bonchev–Trinajstić information content (AvgIpc) is 0.901. The SMILES string of the molecule is CCCCCCCCCCCCCCCC(=O)OC[C@H](COP(=O)(O)OC[C@H](O)COP(=O)(O)OC[C@@H](COC(=O)CCCCCCCCCCCCCCCCCC(C)C)OC(=O)CCCCCCCCCCCCCCCCCCCCC(C)CC)OC(=O)CCCCCCCCCCCCCCCCC(C)CC. The van der Waals surface area contributed by atoms with Gasteiger partial charge in [0.2, 0.25) is 0 Å². The van der Waals surface area contributed by atoms with E-state index >= 15 is 0 Å². The van der Waals surface area contributed by atoms with Crippen LogP contribution in [0.3, 0.4) is 0 Å². The highest BCUT2D eigenvalue weighted by atomic mass is 31.2. The molecule has 0 rings (SSSR count). The van der Waals surface area contributed by atoms with Crippen LogP contribution in [-0.2, 0) is 65.4 Å². The Labute approximate surface area is 683 Å². The Bertz CT molecular complexity index is 2130. The minimum absolute atomic E-state index is 0.108. The molecule has 17 nitrogen and oxygen atoms in total. The molecule has 0 aliphatic rings. The summed E-state index contributed by atoms with van der Waals surface area (Å²) in [6, 6.07) is 0. The molecule has 0 aromatic carbocycles. The van der Waals surface area contributed by atoms with Crippen molar-refractivity contribution in [3.63, 3.8) is 0 Å². The van der Waals surface area contributed by atoms with Gasteiger partial charge < -0.3 is 33.8 Å². The van der Waals surface area contributed by atoms with Gasteiger partial charge in [0.05, 0.1) is 26.4 Å². The minimum atomic E-state index is -4.97. The number of aliphatic hydroxyl groups excluding tert-OH is 1. The van der Waals surface area contributed by atoms with Crippen LogP contribution in [0.15, 0.2) is 0 Å². The lowest BCUT2D eigenvalue weighted by molar-refractivity contribution is -0.161. The van der Waals surface area contributed by atoms with E-state index in [1.807, 2.05) is 0 Å². The Morgan fingerprint density at radius 1 is 0.261 bits per heavy atom. The maximum absolute atomic E-state index is 13.2. The molecule has 0 aliphatic carbocycles. The van der Waals surface area contributed by atoms with Crippen molar-refractivity contribution >= 4 is 39.5 Å². The Balaban J connectivity index is 5.26. The van der Waals surface area contributed by atoms with Crippen LogP contribution in [0, 0.1) is 17.8 Å². The topological polar surface area (TPSA) is 237 Å². The van der Waals surface area contributed by atoms with Crippen LogP contribution >= 0.6 is 15.6 Å². The summed E-state index contributed by atoms with van der Waals surface area (Å²) in [5, 5.41) is 10.7. The molecule has 3 N–H and O–H groups in total. The van der Waals surface area contributed by atoms with E-state index in [1.54, 1.807) is 0 Å². The molecule has 7 atom stereocenters. The molecule has 0 amide bonds. The Morgan fingerprint density at radius 2 is 0.459 bits per heavy atom. The first-order chi connectivity index (χ1) is 53.8. The van der Waals surface area contributed by atoms with E-state index in [2.05, 4.69) is 48.5 Å². The van der Waals surface area contributed by atoms with Crippen LogP contribution in [-0.4, -0.2) is 96.7 Å². The molecule has 0 saturated carbocycles. The number of rotatable bonds is 90. The van der Waals surface area contributed by atoms with Crippen LogP contribution in [0.2, 0.25) is 0 Å². The van der Waals surface area contributed by atoms with Crippen molar-refractivity contribution in [2.75, 3.05) is 39.6 Å². The second-order valence-electron chi connectivity index (χ2n) is 34.0. The molecular weight excluding hydrogens is 1440 g/mol. The number of phosphoric acid groups is 2. The third-order valence-electron chi connectivity index (χ3n) is 22.4. The summed E-state index contributed by atoms with van der Waals surface area (Å²) in [5.74, 6) is 0.428. The zero-order chi connectivity index (χ0) is 81.5. The number of carbonyl (C=O) groups is 4. The summed E-state index contributed by atoms with van der Waals surface area (Å²) in [6.45, 7) is 12.2. The van der Waals surface area contributed by atoms with E-state index in [0.29, 0.717) is 25.7 Å². The molecule has 0 aromatic heterocycles. The number of hydrogen-bond donors (Lipinski definition) is 3. The molecular formula is C92H180O17P2. The van der Waals surface area contributed by atoms with Crippen LogP contribution in [0.4, 0.5) is 0 Å². The van der Waals surface area contributed by atoms with Crippen molar-refractivity contribution in [2.45, 2.75) is 510 Å². The number of carbonyl (C=O) groups excluding carboxylic acids is 4. The zero-order valence-electron chi connectivity index (χ0n) is 73.4. The predicted octanol–water partition coefficient (Wildman–Crippen LogP) is 28.4. The van der Waals surface area contributed by atoms with Gasteiger partial charge in [0.1, 0.15) is 19.3 Å². The average molecular weight is 1620 g/mol. The smallest absolute Gasteiger partial charge is 0.462 e. The second kappa shape index (κ2) is 81.8. The first kappa shape index (κ1) is 109. The summed E-state index contributed by atoms with van der Waals surface area (Å²) in [5.41, 5.74) is 0. The van der Waals surface area contributed by atoms with Crippen LogP contribution in [0.5, 0.6) is 0 Å². The molecule has 4 unspecified atom stereocenters. The minimum Gasteiger partial charge on any atom is -0.462 e. The van der Waals surface area contributed by atoms with Crippen LogP contribution < -0.4 is 0 Å². The number of hydrogen-bond acceptors (Lipinski definition) is 15. The Kier molecular flexibility index (Phi) is 80.4. The van der Waals surface area contributed by atoms with Crippen molar-refractivity contribution in [2.24, 2.45) is 17.8 Å². The number of aliphatic hydroxyl groups is 1. The van der Waals surface area contributed by atoms with Crippen molar-refractivity contribution in [1.82, 2.24) is 0 Å². The van der Waals surface area contributed by atoms with Gasteiger partial charge in [-0.1, -0.05) is 440 Å². The third-order valence-corrected chi connectivity index (χ3v) is 24.3. The van der Waals surface area contributed by atoms with Gasteiger partial charge in [-0.05, 0) is 43.4 Å². The first-order valence-electron chi connectivity index (χ1n) is 47.4. The van der Waals surface area contributed by atoms with E-state index in [9.17, 15) is 43.2 Å². The van der Waals surface area contributed by atoms with Gasteiger partial charge >= 0.3 is 39.5 Å². The Morgan fingerprint density at radius 3 is 0.685 bits per heavy atom. The summed E-state index contributed by atoms with van der Waals surface area (Å²) >= 11 is 0. The molecule has 0 fully saturated rings. The number of esters is 4. The van der Waals surface area contributed by atoms with E-state index in [4.69, 9.17) is 37.0 Å². The predicted molar refractivity (Wildman–Crippen MR) is 460 cm³/mol. The number of unbranched alkanes of at least 4 members (excludes halogenated alkanes) is 56. The van der Waals surface area contributed by atoms with Gasteiger partial charge in [0.25, 0.3) is 0 Å². The van der Waals surface area contributed by atoms with Gasteiger partial charge in [-0.3, -0.25) is 37.3 Å². The largest absolute Gasteiger partial charge is 0.472 e. The fourth-order valence-electron chi connectivity index (χ4n) is 14.4. The molecule has 660 valence electrons. The van der Waals surface area contributed by atoms with Crippen molar-refractivity contribution in [3.8, 4) is 0 Å². The van der Waals surface area contributed by atoms with E-state index < -0.39 is 97.5 Å². The lowest BCUT2D eigenvalue weighted by atomic mass is 9.99. The first-order valence-corrected chi connectivity index (χ1v) is 50.4. The fraction of sp³-hybridized carbons (Fsp3) is 0.957. The van der Waals surface area contributed by atoms with Crippen molar-refractivity contribution in [1.29, 1.82) is 0 Å². The highest BCUT2D eigenvalue weighted by Crippen LogP contribution is 2.45. The molecule has 0 bridgehead atoms. The van der Waals surface area contributed by atoms with Gasteiger partial charge in [-0.25, -0.2) is 9.13 Å². The fourth-order valence-corrected chi connectivity index (χ4v) is 15.9. The lowest BCUT2D eigenvalue weighted by Gasteiger charge is -2.21. The Hall–Kier alpha value is -1.94. The molecule has 111 heavy (non-hydrogen) atoms. The standard InChI is InChI=1S/C92H180O17P2/c1-8-11-12-13-14-15-16-28-38-45-52-59-66-73-89(94)102-79-87(109-92(97)76-69-62-55-48-41-34-27-26-31-37-44-51-58-65-72-85(7)10-3)81-106-110(98,99)104-77-86(93)78-105-111(100,101)107-82-88(80-103-90(95)74-67-60-53-46-39-32-25-21-22-29-35-42-49-56-63-70-83(4)5)108-91(96)75-68-61-54-47-40-33-24-20-18-17-19-23-30-36-43-50-57-64-71-84(6)9-2/h83-88,93H,8-82H2,1-7H3,(H,98,99)(H,100,101)/t84?,85?,86-,87+,88+/m0/s1. The number of phosphoric ester groups is 2. The quantitative estimate of drug-likeness (QED) is 0.0222. The molecule has 0 aromatic rings. The monoisotopic (exact) mass is 1620 g/mol. The van der Waals surface area contributed by atoms with Gasteiger partial charge in [0.15, 0.2) is 12.2 Å². The molecule has 0 spiro atoms. The van der Waals surface area contributed by atoms with E-state index in [0.717, 1.165) is 108 Å². The molecule has 19 heteroatoms. The third kappa shape index (κ3) is 82.9. The van der Waals surface area contributed by atoms with Gasteiger partial charge in [-0.2, -0.15) is 0 Å². The van der Waals surface area contributed by atoms with E-state index in [1.165, 1.54) is 302 Å².